The highest BCUT2D eigenvalue weighted by molar-refractivity contribution is 5.88. The molecule has 0 saturated carbocycles. The summed E-state index contributed by atoms with van der Waals surface area (Å²) in [7, 11) is 0. The van der Waals surface area contributed by atoms with Gasteiger partial charge in [-0.25, -0.2) is 4.79 Å². The van der Waals surface area contributed by atoms with E-state index in [1.807, 2.05) is 0 Å². The molecular formula is C22H30O4. The van der Waals surface area contributed by atoms with Crippen LogP contribution in [0.4, 0.5) is 0 Å². The molecule has 2 rings (SSSR count). The summed E-state index contributed by atoms with van der Waals surface area (Å²) < 4.78 is 5.88. The van der Waals surface area contributed by atoms with E-state index in [2.05, 4.69) is 32.9 Å². The Kier molecular flexibility index (Phi) is 6.65. The Morgan fingerprint density at radius 1 is 1.27 bits per heavy atom. The predicted octanol–water partition coefficient (Wildman–Crippen LogP) is 4.91. The molecule has 4 nitrogen and oxygen atoms in total. The monoisotopic (exact) mass is 358 g/mol. The van der Waals surface area contributed by atoms with Crippen LogP contribution in [0.1, 0.15) is 69.3 Å². The number of carboxylic acid groups (broad SMARTS) is 1. The second-order valence-electron chi connectivity index (χ2n) is 7.70. The second-order valence-corrected chi connectivity index (χ2v) is 7.70. The molecule has 0 aromatic heterocycles. The van der Waals surface area contributed by atoms with Gasteiger partial charge in [0.2, 0.25) is 0 Å². The second kappa shape index (κ2) is 8.54. The maximum atomic E-state index is 11.1. The number of fused-ring (bicyclic) bond motifs is 1. The average Bonchev–Trinajstić information content (AvgIpc) is 2.98. The summed E-state index contributed by atoms with van der Waals surface area (Å²) in [6, 6.07) is 4.86. The van der Waals surface area contributed by atoms with Crippen LogP contribution in [0.2, 0.25) is 0 Å². The largest absolute Gasteiger partial charge is 0.487 e. The number of ether oxygens (including phenoxy) is 1. The van der Waals surface area contributed by atoms with Gasteiger partial charge in [0.1, 0.15) is 11.9 Å². The van der Waals surface area contributed by atoms with Crippen LogP contribution in [0.25, 0.3) is 0 Å². The number of allylic oxidation sites excluding steroid dienone is 4. The molecule has 1 aliphatic heterocycles. The van der Waals surface area contributed by atoms with Gasteiger partial charge in [-0.15, -0.1) is 0 Å². The van der Waals surface area contributed by atoms with Gasteiger partial charge in [0.05, 0.1) is 11.2 Å². The lowest BCUT2D eigenvalue weighted by molar-refractivity contribution is -0.0433. The van der Waals surface area contributed by atoms with Crippen molar-refractivity contribution in [3.63, 3.8) is 0 Å². The van der Waals surface area contributed by atoms with Crippen molar-refractivity contribution >= 4 is 5.97 Å². The van der Waals surface area contributed by atoms with E-state index in [-0.39, 0.29) is 11.7 Å². The molecule has 142 valence electrons. The molecule has 1 heterocycles. The minimum Gasteiger partial charge on any atom is -0.487 e. The van der Waals surface area contributed by atoms with Gasteiger partial charge in [0.25, 0.3) is 0 Å². The van der Waals surface area contributed by atoms with Gasteiger partial charge in [0, 0.05) is 6.42 Å². The first-order valence-electron chi connectivity index (χ1n) is 9.23. The van der Waals surface area contributed by atoms with E-state index in [9.17, 15) is 9.90 Å². The fourth-order valence-corrected chi connectivity index (χ4v) is 3.19. The Bertz CT molecular complexity index is 709. The van der Waals surface area contributed by atoms with Crippen LogP contribution < -0.4 is 4.74 Å². The van der Waals surface area contributed by atoms with Crippen molar-refractivity contribution in [2.75, 3.05) is 0 Å². The normalized spacial score (nSPS) is 18.7. The Morgan fingerprint density at radius 3 is 2.65 bits per heavy atom. The number of benzene rings is 1. The SMILES string of the molecule is CC(C)=CCC/C(C)=C/CC[C@](C)(O)[C@@H]1Cc2cc(C(=O)O)ccc2O1. The molecule has 0 fully saturated rings. The lowest BCUT2D eigenvalue weighted by Crippen LogP contribution is -2.42. The average molecular weight is 358 g/mol. The van der Waals surface area contributed by atoms with Crippen LogP contribution in [0, 0.1) is 0 Å². The minimum absolute atomic E-state index is 0.252. The molecule has 1 aliphatic rings. The Labute approximate surface area is 156 Å². The lowest BCUT2D eigenvalue weighted by atomic mass is 9.90. The molecule has 0 bridgehead atoms. The molecular weight excluding hydrogens is 328 g/mol. The molecule has 1 aromatic rings. The van der Waals surface area contributed by atoms with Crippen molar-refractivity contribution in [3.8, 4) is 5.75 Å². The van der Waals surface area contributed by atoms with Crippen LogP contribution >= 0.6 is 0 Å². The van der Waals surface area contributed by atoms with Crippen LogP contribution in [-0.2, 0) is 6.42 Å². The molecule has 0 saturated heterocycles. The van der Waals surface area contributed by atoms with Gasteiger partial charge in [0.15, 0.2) is 0 Å². The number of carbonyl (C=O) groups is 1. The molecule has 4 heteroatoms. The molecule has 0 unspecified atom stereocenters. The van der Waals surface area contributed by atoms with Crippen molar-refractivity contribution in [2.24, 2.45) is 0 Å². The summed E-state index contributed by atoms with van der Waals surface area (Å²) in [6.07, 6.45) is 8.11. The van der Waals surface area contributed by atoms with E-state index in [0.29, 0.717) is 18.6 Å². The van der Waals surface area contributed by atoms with Gasteiger partial charge in [-0.05, 0) is 77.1 Å². The molecule has 2 N–H and O–H groups in total. The van der Waals surface area contributed by atoms with Crippen LogP contribution in [-0.4, -0.2) is 27.9 Å². The summed E-state index contributed by atoms with van der Waals surface area (Å²) in [5.41, 5.74) is 2.81. The highest BCUT2D eigenvalue weighted by atomic mass is 16.5. The molecule has 0 aliphatic carbocycles. The van der Waals surface area contributed by atoms with Gasteiger partial charge in [-0.3, -0.25) is 0 Å². The molecule has 2 atom stereocenters. The van der Waals surface area contributed by atoms with Crippen molar-refractivity contribution in [3.05, 3.63) is 52.6 Å². The molecule has 0 radical (unpaired) electrons. The Morgan fingerprint density at radius 2 is 2.00 bits per heavy atom. The summed E-state index contributed by atoms with van der Waals surface area (Å²) in [5, 5.41) is 19.9. The quantitative estimate of drug-likeness (QED) is 0.648. The topological polar surface area (TPSA) is 66.8 Å². The number of rotatable bonds is 8. The van der Waals surface area contributed by atoms with E-state index in [4.69, 9.17) is 9.84 Å². The zero-order valence-corrected chi connectivity index (χ0v) is 16.2. The third-order valence-electron chi connectivity index (χ3n) is 4.91. The van der Waals surface area contributed by atoms with Crippen LogP contribution in [0.15, 0.2) is 41.5 Å². The summed E-state index contributed by atoms with van der Waals surface area (Å²) in [4.78, 5) is 11.1. The Balaban J connectivity index is 1.90. The number of aromatic carboxylic acids is 1. The predicted molar refractivity (Wildman–Crippen MR) is 104 cm³/mol. The van der Waals surface area contributed by atoms with E-state index >= 15 is 0 Å². The third-order valence-corrected chi connectivity index (χ3v) is 4.91. The standard InChI is InChI=1S/C22H30O4/c1-15(2)7-5-8-16(3)9-6-12-22(4,25)20-14-18-13-17(21(23)24)10-11-19(18)26-20/h7,9-11,13,20,25H,5-6,8,12,14H2,1-4H3,(H,23,24)/b16-9+/t20-,22-/m0/s1. The van der Waals surface area contributed by atoms with Crippen molar-refractivity contribution < 1.29 is 19.7 Å². The lowest BCUT2D eigenvalue weighted by Gasteiger charge is -2.29. The zero-order valence-electron chi connectivity index (χ0n) is 16.2. The molecule has 0 spiro atoms. The van der Waals surface area contributed by atoms with Gasteiger partial charge in [-0.1, -0.05) is 23.3 Å². The summed E-state index contributed by atoms with van der Waals surface area (Å²) >= 11 is 0. The molecule has 26 heavy (non-hydrogen) atoms. The van der Waals surface area contributed by atoms with Gasteiger partial charge >= 0.3 is 5.97 Å². The molecule has 0 amide bonds. The molecule has 1 aromatic carbocycles. The van der Waals surface area contributed by atoms with E-state index in [1.54, 1.807) is 19.1 Å². The highest BCUT2D eigenvalue weighted by Crippen LogP contribution is 2.35. The maximum Gasteiger partial charge on any atom is 0.335 e. The van der Waals surface area contributed by atoms with E-state index in [1.165, 1.54) is 17.2 Å². The first-order chi connectivity index (χ1) is 12.2. The maximum absolute atomic E-state index is 11.1. The van der Waals surface area contributed by atoms with Gasteiger partial charge < -0.3 is 14.9 Å². The van der Waals surface area contributed by atoms with Crippen LogP contribution in [0.3, 0.4) is 0 Å². The number of carboxylic acids is 1. The first kappa shape index (κ1) is 20.2. The van der Waals surface area contributed by atoms with E-state index in [0.717, 1.165) is 24.8 Å². The third kappa shape index (κ3) is 5.46. The minimum atomic E-state index is -0.959. The number of aliphatic hydroxyl groups is 1. The zero-order chi connectivity index (χ0) is 19.3. The summed E-state index contributed by atoms with van der Waals surface area (Å²) in [5.74, 6) is -0.273. The highest BCUT2D eigenvalue weighted by Gasteiger charge is 2.38. The van der Waals surface area contributed by atoms with Crippen molar-refractivity contribution in [1.82, 2.24) is 0 Å². The summed E-state index contributed by atoms with van der Waals surface area (Å²) in [6.45, 7) is 8.14. The fraction of sp³-hybridized carbons (Fsp3) is 0.500. The smallest absolute Gasteiger partial charge is 0.335 e. The first-order valence-corrected chi connectivity index (χ1v) is 9.23. The fourth-order valence-electron chi connectivity index (χ4n) is 3.19. The van der Waals surface area contributed by atoms with Gasteiger partial charge in [-0.2, -0.15) is 0 Å². The number of hydrogen-bond donors (Lipinski definition) is 2. The number of hydrogen-bond acceptors (Lipinski definition) is 3. The van der Waals surface area contributed by atoms with Crippen molar-refractivity contribution in [1.29, 1.82) is 0 Å². The van der Waals surface area contributed by atoms with E-state index < -0.39 is 11.6 Å². The van der Waals surface area contributed by atoms with Crippen LogP contribution in [0.5, 0.6) is 5.75 Å². The Hall–Kier alpha value is -2.07. The van der Waals surface area contributed by atoms with Crippen molar-refractivity contribution in [2.45, 2.75) is 71.5 Å².